The summed E-state index contributed by atoms with van der Waals surface area (Å²) < 4.78 is 14.2. The zero-order valence-electron chi connectivity index (χ0n) is 13.6. The Kier molecular flexibility index (Phi) is 4.41. The number of amides is 1. The number of hydrogen-bond acceptors (Lipinski definition) is 3. The lowest BCUT2D eigenvalue weighted by Gasteiger charge is -2.38. The normalized spacial score (nSPS) is 15.6. The van der Waals surface area contributed by atoms with Crippen molar-refractivity contribution in [2.75, 3.05) is 31.1 Å². The third-order valence-electron chi connectivity index (χ3n) is 3.96. The van der Waals surface area contributed by atoms with E-state index in [0.29, 0.717) is 37.4 Å². The second kappa shape index (κ2) is 5.96. The molecule has 0 N–H and O–H groups in total. The summed E-state index contributed by atoms with van der Waals surface area (Å²) in [7, 11) is 0. The first-order valence-electron chi connectivity index (χ1n) is 7.48. The summed E-state index contributed by atoms with van der Waals surface area (Å²) >= 11 is 0. The van der Waals surface area contributed by atoms with E-state index in [-0.39, 0.29) is 11.7 Å². The van der Waals surface area contributed by atoms with Crippen LogP contribution in [-0.4, -0.2) is 37.0 Å². The van der Waals surface area contributed by atoms with Crippen LogP contribution < -0.4 is 4.90 Å². The van der Waals surface area contributed by atoms with E-state index < -0.39 is 5.41 Å². The maximum Gasteiger partial charge on any atom is 0.228 e. The minimum atomic E-state index is -0.390. The van der Waals surface area contributed by atoms with Gasteiger partial charge in [-0.15, -0.1) is 0 Å². The summed E-state index contributed by atoms with van der Waals surface area (Å²) in [5, 5.41) is 8.94. The Labute approximate surface area is 131 Å². The third kappa shape index (κ3) is 3.22. The number of anilines is 1. The van der Waals surface area contributed by atoms with Crippen LogP contribution in [0.3, 0.4) is 0 Å². The molecule has 1 aromatic rings. The van der Waals surface area contributed by atoms with Gasteiger partial charge in [-0.05, 0) is 24.6 Å². The van der Waals surface area contributed by atoms with Gasteiger partial charge in [0.25, 0.3) is 0 Å². The molecular weight excluding hydrogens is 281 g/mol. The second-order valence-corrected chi connectivity index (χ2v) is 6.76. The molecule has 1 aliphatic rings. The SMILES string of the molecule is Cc1cc(N2CCN(C(=O)C(C)(C)C)CC2)c(F)cc1C#N. The molecule has 1 aliphatic heterocycles. The highest BCUT2D eigenvalue weighted by atomic mass is 19.1. The highest BCUT2D eigenvalue weighted by molar-refractivity contribution is 5.81. The summed E-state index contributed by atoms with van der Waals surface area (Å²) in [6.07, 6.45) is 0. The van der Waals surface area contributed by atoms with Gasteiger partial charge in [-0.25, -0.2) is 4.39 Å². The third-order valence-corrected chi connectivity index (χ3v) is 3.96. The average Bonchev–Trinajstić information content (AvgIpc) is 2.47. The Hall–Kier alpha value is -2.09. The Morgan fingerprint density at radius 1 is 1.23 bits per heavy atom. The van der Waals surface area contributed by atoms with Crippen molar-refractivity contribution < 1.29 is 9.18 Å². The topological polar surface area (TPSA) is 47.3 Å². The molecule has 0 aliphatic carbocycles. The van der Waals surface area contributed by atoms with Gasteiger partial charge < -0.3 is 9.80 Å². The lowest BCUT2D eigenvalue weighted by molar-refractivity contribution is -0.139. The molecule has 1 saturated heterocycles. The van der Waals surface area contributed by atoms with Crippen molar-refractivity contribution in [3.8, 4) is 6.07 Å². The van der Waals surface area contributed by atoms with E-state index in [9.17, 15) is 9.18 Å². The van der Waals surface area contributed by atoms with E-state index in [4.69, 9.17) is 5.26 Å². The summed E-state index contributed by atoms with van der Waals surface area (Å²) in [5.74, 6) is -0.249. The predicted molar refractivity (Wildman–Crippen MR) is 84.1 cm³/mol. The number of nitriles is 1. The fourth-order valence-electron chi connectivity index (χ4n) is 2.65. The highest BCUT2D eigenvalue weighted by Crippen LogP contribution is 2.26. The van der Waals surface area contributed by atoms with Gasteiger partial charge in [0.15, 0.2) is 0 Å². The fraction of sp³-hybridized carbons (Fsp3) is 0.529. The standard InChI is InChI=1S/C17H22FN3O/c1-12-9-15(14(18)10-13(12)11-19)20-5-7-21(8-6-20)16(22)17(2,3)4/h9-10H,5-8H2,1-4H3. The number of nitrogens with zero attached hydrogens (tertiary/aromatic N) is 3. The monoisotopic (exact) mass is 303 g/mol. The molecular formula is C17H22FN3O. The van der Waals surface area contributed by atoms with Crippen LogP contribution in [0.15, 0.2) is 12.1 Å². The second-order valence-electron chi connectivity index (χ2n) is 6.76. The highest BCUT2D eigenvalue weighted by Gasteiger charge is 2.30. The quantitative estimate of drug-likeness (QED) is 0.801. The van der Waals surface area contributed by atoms with E-state index in [2.05, 4.69) is 0 Å². The van der Waals surface area contributed by atoms with Crippen molar-refractivity contribution in [3.63, 3.8) is 0 Å². The number of carbonyl (C=O) groups excluding carboxylic acids is 1. The van der Waals surface area contributed by atoms with E-state index in [1.807, 2.05) is 36.6 Å². The molecule has 4 nitrogen and oxygen atoms in total. The molecule has 118 valence electrons. The lowest BCUT2D eigenvalue weighted by Crippen LogP contribution is -2.51. The molecule has 2 rings (SSSR count). The lowest BCUT2D eigenvalue weighted by atomic mass is 9.94. The van der Waals surface area contributed by atoms with Crippen LogP contribution in [0.2, 0.25) is 0 Å². The van der Waals surface area contributed by atoms with Gasteiger partial charge in [-0.3, -0.25) is 4.79 Å². The van der Waals surface area contributed by atoms with Crippen LogP contribution in [0, 0.1) is 29.5 Å². The number of aryl methyl sites for hydroxylation is 1. The van der Waals surface area contributed by atoms with Gasteiger partial charge in [0.05, 0.1) is 17.3 Å². The number of hydrogen-bond donors (Lipinski definition) is 0. The van der Waals surface area contributed by atoms with E-state index in [0.717, 1.165) is 5.56 Å². The van der Waals surface area contributed by atoms with Crippen molar-refractivity contribution in [1.82, 2.24) is 4.90 Å². The Balaban J connectivity index is 2.11. The van der Waals surface area contributed by atoms with Crippen molar-refractivity contribution in [3.05, 3.63) is 29.1 Å². The van der Waals surface area contributed by atoms with Crippen molar-refractivity contribution in [1.29, 1.82) is 5.26 Å². The number of benzene rings is 1. The first-order chi connectivity index (χ1) is 10.2. The minimum Gasteiger partial charge on any atom is -0.366 e. The number of halogens is 1. The fourth-order valence-corrected chi connectivity index (χ4v) is 2.65. The zero-order chi connectivity index (χ0) is 16.5. The maximum atomic E-state index is 14.2. The van der Waals surface area contributed by atoms with Crippen LogP contribution in [0.5, 0.6) is 0 Å². The predicted octanol–water partition coefficient (Wildman–Crippen LogP) is 2.70. The van der Waals surface area contributed by atoms with Crippen molar-refractivity contribution in [2.24, 2.45) is 5.41 Å². The molecule has 1 heterocycles. The Morgan fingerprint density at radius 2 is 1.82 bits per heavy atom. The van der Waals surface area contributed by atoms with Gasteiger partial charge in [-0.1, -0.05) is 20.8 Å². The van der Waals surface area contributed by atoms with Gasteiger partial charge in [0, 0.05) is 31.6 Å². The summed E-state index contributed by atoms with van der Waals surface area (Å²) in [4.78, 5) is 16.0. The molecule has 22 heavy (non-hydrogen) atoms. The molecule has 0 radical (unpaired) electrons. The summed E-state index contributed by atoms with van der Waals surface area (Å²) in [5.41, 5.74) is 1.26. The molecule has 0 unspecified atom stereocenters. The molecule has 0 aromatic heterocycles. The Morgan fingerprint density at radius 3 is 2.32 bits per heavy atom. The Bertz CT molecular complexity index is 620. The molecule has 1 amide bonds. The van der Waals surface area contributed by atoms with Crippen LogP contribution in [-0.2, 0) is 4.79 Å². The molecule has 0 saturated carbocycles. The molecule has 1 fully saturated rings. The van der Waals surface area contributed by atoms with Gasteiger partial charge in [0.1, 0.15) is 5.82 Å². The molecule has 1 aromatic carbocycles. The summed E-state index contributed by atoms with van der Waals surface area (Å²) in [6, 6.07) is 5.00. The first-order valence-corrected chi connectivity index (χ1v) is 7.48. The molecule has 5 heteroatoms. The molecule has 0 spiro atoms. The molecule has 0 bridgehead atoms. The maximum absolute atomic E-state index is 14.2. The van der Waals surface area contributed by atoms with Gasteiger partial charge >= 0.3 is 0 Å². The van der Waals surface area contributed by atoms with Gasteiger partial charge in [-0.2, -0.15) is 5.26 Å². The van der Waals surface area contributed by atoms with Crippen LogP contribution in [0.1, 0.15) is 31.9 Å². The van der Waals surface area contributed by atoms with E-state index in [1.54, 1.807) is 13.0 Å². The largest absolute Gasteiger partial charge is 0.366 e. The average molecular weight is 303 g/mol. The van der Waals surface area contributed by atoms with Crippen molar-refractivity contribution in [2.45, 2.75) is 27.7 Å². The van der Waals surface area contributed by atoms with E-state index in [1.165, 1.54) is 6.07 Å². The molecule has 0 atom stereocenters. The minimum absolute atomic E-state index is 0.128. The van der Waals surface area contributed by atoms with Crippen LogP contribution in [0.4, 0.5) is 10.1 Å². The number of piperazine rings is 1. The summed E-state index contributed by atoms with van der Waals surface area (Å²) in [6.45, 7) is 9.92. The zero-order valence-corrected chi connectivity index (χ0v) is 13.6. The number of rotatable bonds is 1. The van der Waals surface area contributed by atoms with E-state index >= 15 is 0 Å². The van der Waals surface area contributed by atoms with Crippen LogP contribution >= 0.6 is 0 Å². The smallest absolute Gasteiger partial charge is 0.228 e. The first kappa shape index (κ1) is 16.3. The van der Waals surface area contributed by atoms with Crippen LogP contribution in [0.25, 0.3) is 0 Å². The van der Waals surface area contributed by atoms with Crippen molar-refractivity contribution >= 4 is 11.6 Å². The number of carbonyl (C=O) groups is 1. The van der Waals surface area contributed by atoms with Gasteiger partial charge in [0.2, 0.25) is 5.91 Å².